The highest BCUT2D eigenvalue weighted by atomic mass is 16.5. The summed E-state index contributed by atoms with van der Waals surface area (Å²) in [6.45, 7) is 5.06. The van der Waals surface area contributed by atoms with Crippen LogP contribution in [0, 0.1) is 18.8 Å². The predicted octanol–water partition coefficient (Wildman–Crippen LogP) is 2.14. The van der Waals surface area contributed by atoms with Gasteiger partial charge in [-0.2, -0.15) is 0 Å². The number of nitrogens with zero attached hydrogens (tertiary/aromatic N) is 2. The van der Waals surface area contributed by atoms with E-state index >= 15 is 0 Å². The minimum Gasteiger partial charge on any atom is -0.493 e. The van der Waals surface area contributed by atoms with E-state index < -0.39 is 0 Å². The standard InChI is InChI=1S/C23H28N2O5/c1-15-6-8-24(9-7-16-4-5-19(28-2)20(10-16)29-3)22(26)21(15)23(27)25-11-17-13-30-14-18(17)12-25/h4-6,8,10,17-18H,7,9,11-14H2,1-3H3/t17-,18+. The Morgan fingerprint density at radius 1 is 1.10 bits per heavy atom. The Labute approximate surface area is 176 Å². The molecule has 3 heterocycles. The Morgan fingerprint density at radius 2 is 1.80 bits per heavy atom. The first-order valence-electron chi connectivity index (χ1n) is 10.3. The number of methoxy groups -OCH3 is 2. The maximum absolute atomic E-state index is 13.1. The maximum Gasteiger partial charge on any atom is 0.263 e. The predicted molar refractivity (Wildman–Crippen MR) is 112 cm³/mol. The molecule has 0 saturated carbocycles. The summed E-state index contributed by atoms with van der Waals surface area (Å²) in [5.41, 5.74) is 1.81. The number of pyridine rings is 1. The third kappa shape index (κ3) is 3.81. The molecule has 2 aliphatic heterocycles. The van der Waals surface area contributed by atoms with E-state index in [2.05, 4.69) is 0 Å². The molecule has 0 radical (unpaired) electrons. The van der Waals surface area contributed by atoms with Crippen LogP contribution in [0.3, 0.4) is 0 Å². The van der Waals surface area contributed by atoms with Gasteiger partial charge >= 0.3 is 0 Å². The molecule has 0 bridgehead atoms. The summed E-state index contributed by atoms with van der Waals surface area (Å²) >= 11 is 0. The van der Waals surface area contributed by atoms with Crippen molar-refractivity contribution in [3.8, 4) is 11.5 Å². The van der Waals surface area contributed by atoms with Gasteiger partial charge in [0, 0.05) is 37.7 Å². The minimum atomic E-state index is -0.228. The molecule has 1 amide bonds. The van der Waals surface area contributed by atoms with Gasteiger partial charge in [0.1, 0.15) is 5.56 Å². The van der Waals surface area contributed by atoms with Crippen LogP contribution in [0.25, 0.3) is 0 Å². The maximum atomic E-state index is 13.1. The molecule has 2 saturated heterocycles. The average molecular weight is 412 g/mol. The number of hydrogen-bond acceptors (Lipinski definition) is 5. The number of fused-ring (bicyclic) bond motifs is 1. The normalized spacial score (nSPS) is 20.3. The van der Waals surface area contributed by atoms with Crippen molar-refractivity contribution >= 4 is 5.91 Å². The van der Waals surface area contributed by atoms with E-state index in [0.29, 0.717) is 62.6 Å². The van der Waals surface area contributed by atoms with E-state index in [0.717, 1.165) is 11.1 Å². The van der Waals surface area contributed by atoms with Crippen molar-refractivity contribution in [1.82, 2.24) is 9.47 Å². The van der Waals surface area contributed by atoms with E-state index in [-0.39, 0.29) is 17.0 Å². The lowest BCUT2D eigenvalue weighted by atomic mass is 10.0. The Bertz CT molecular complexity index is 988. The fourth-order valence-electron chi connectivity index (χ4n) is 4.40. The number of aromatic nitrogens is 1. The first-order chi connectivity index (χ1) is 14.5. The molecule has 160 valence electrons. The van der Waals surface area contributed by atoms with E-state index in [1.807, 2.05) is 36.1 Å². The number of carbonyl (C=O) groups excluding carboxylic acids is 1. The molecular weight excluding hydrogens is 384 g/mol. The van der Waals surface area contributed by atoms with Crippen molar-refractivity contribution in [2.45, 2.75) is 19.9 Å². The zero-order chi connectivity index (χ0) is 21.3. The van der Waals surface area contributed by atoms with Gasteiger partial charge in [-0.05, 0) is 42.7 Å². The number of likely N-dealkylation sites (tertiary alicyclic amines) is 1. The van der Waals surface area contributed by atoms with Crippen molar-refractivity contribution in [3.63, 3.8) is 0 Å². The summed E-state index contributed by atoms with van der Waals surface area (Å²) < 4.78 is 17.7. The molecule has 7 nitrogen and oxygen atoms in total. The summed E-state index contributed by atoms with van der Waals surface area (Å²) in [7, 11) is 3.20. The molecule has 0 aliphatic carbocycles. The lowest BCUT2D eigenvalue weighted by molar-refractivity contribution is 0.0748. The highest BCUT2D eigenvalue weighted by Crippen LogP contribution is 2.30. The number of hydrogen-bond donors (Lipinski definition) is 0. The van der Waals surface area contributed by atoms with Gasteiger partial charge in [-0.1, -0.05) is 6.07 Å². The molecule has 0 N–H and O–H groups in total. The zero-order valence-corrected chi connectivity index (χ0v) is 17.7. The molecule has 30 heavy (non-hydrogen) atoms. The van der Waals surface area contributed by atoms with Gasteiger partial charge in [0.05, 0.1) is 27.4 Å². The number of amides is 1. The summed E-state index contributed by atoms with van der Waals surface area (Å²) in [6, 6.07) is 7.57. The van der Waals surface area contributed by atoms with Crippen LogP contribution < -0.4 is 15.0 Å². The molecular formula is C23H28N2O5. The van der Waals surface area contributed by atoms with E-state index in [4.69, 9.17) is 14.2 Å². The molecule has 2 atom stereocenters. The van der Waals surface area contributed by atoms with Crippen molar-refractivity contribution in [2.75, 3.05) is 40.5 Å². The van der Waals surface area contributed by atoms with Crippen LogP contribution in [-0.4, -0.2) is 55.9 Å². The van der Waals surface area contributed by atoms with Crippen molar-refractivity contribution in [1.29, 1.82) is 0 Å². The average Bonchev–Trinajstić information content (AvgIpc) is 3.35. The van der Waals surface area contributed by atoms with Crippen LogP contribution in [0.2, 0.25) is 0 Å². The first kappa shape index (κ1) is 20.5. The molecule has 2 fully saturated rings. The van der Waals surface area contributed by atoms with Gasteiger partial charge in [0.15, 0.2) is 11.5 Å². The summed E-state index contributed by atoms with van der Waals surface area (Å²) in [5, 5.41) is 0. The molecule has 1 aromatic heterocycles. The highest BCUT2D eigenvalue weighted by molar-refractivity contribution is 5.95. The monoisotopic (exact) mass is 412 g/mol. The van der Waals surface area contributed by atoms with Crippen molar-refractivity contribution < 1.29 is 19.0 Å². The second-order valence-electron chi connectivity index (χ2n) is 8.08. The van der Waals surface area contributed by atoms with Crippen LogP contribution in [0.15, 0.2) is 35.3 Å². The Kier molecular flexibility index (Phi) is 5.81. The van der Waals surface area contributed by atoms with Gasteiger partial charge in [0.25, 0.3) is 11.5 Å². The summed E-state index contributed by atoms with van der Waals surface area (Å²) in [6.07, 6.45) is 2.41. The van der Waals surface area contributed by atoms with Gasteiger partial charge in [0.2, 0.25) is 0 Å². The quantitative estimate of drug-likeness (QED) is 0.727. The third-order valence-electron chi connectivity index (χ3n) is 6.20. The second kappa shape index (κ2) is 8.52. The van der Waals surface area contributed by atoms with Crippen molar-refractivity contribution in [2.24, 2.45) is 11.8 Å². The van der Waals surface area contributed by atoms with Crippen LogP contribution in [0.5, 0.6) is 11.5 Å². The van der Waals surface area contributed by atoms with Gasteiger partial charge in [-0.15, -0.1) is 0 Å². The zero-order valence-electron chi connectivity index (χ0n) is 17.7. The lowest BCUT2D eigenvalue weighted by Crippen LogP contribution is -2.37. The van der Waals surface area contributed by atoms with Crippen molar-refractivity contribution in [3.05, 3.63) is 57.5 Å². The lowest BCUT2D eigenvalue weighted by Gasteiger charge is -2.19. The molecule has 0 spiro atoms. The largest absolute Gasteiger partial charge is 0.493 e. The van der Waals surface area contributed by atoms with E-state index in [1.54, 1.807) is 25.0 Å². The Balaban J connectivity index is 1.52. The minimum absolute atomic E-state index is 0.160. The fraction of sp³-hybridized carbons (Fsp3) is 0.478. The molecule has 2 aromatic rings. The Hall–Kier alpha value is -2.80. The number of carbonyl (C=O) groups is 1. The second-order valence-corrected chi connectivity index (χ2v) is 8.08. The van der Waals surface area contributed by atoms with Crippen LogP contribution in [0.1, 0.15) is 21.5 Å². The van der Waals surface area contributed by atoms with Crippen LogP contribution in [0.4, 0.5) is 0 Å². The molecule has 1 aromatic carbocycles. The topological polar surface area (TPSA) is 70.0 Å². The fourth-order valence-corrected chi connectivity index (χ4v) is 4.40. The van der Waals surface area contributed by atoms with E-state index in [1.165, 1.54) is 0 Å². The van der Waals surface area contributed by atoms with Gasteiger partial charge < -0.3 is 23.7 Å². The summed E-state index contributed by atoms with van der Waals surface area (Å²) in [5.74, 6) is 1.95. The smallest absolute Gasteiger partial charge is 0.263 e. The third-order valence-corrected chi connectivity index (χ3v) is 6.20. The molecule has 0 unspecified atom stereocenters. The van der Waals surface area contributed by atoms with Gasteiger partial charge in [-0.3, -0.25) is 9.59 Å². The number of benzene rings is 1. The molecule has 7 heteroatoms. The van der Waals surface area contributed by atoms with Crippen LogP contribution in [-0.2, 0) is 17.7 Å². The first-order valence-corrected chi connectivity index (χ1v) is 10.3. The number of ether oxygens (including phenoxy) is 3. The SMILES string of the molecule is COc1ccc(CCn2ccc(C)c(C(=O)N3C[C@H]4COC[C@H]4C3)c2=O)cc1OC. The number of rotatable bonds is 6. The Morgan fingerprint density at radius 3 is 2.47 bits per heavy atom. The molecule has 4 rings (SSSR count). The van der Waals surface area contributed by atoms with E-state index in [9.17, 15) is 9.59 Å². The van der Waals surface area contributed by atoms with Crippen LogP contribution >= 0.6 is 0 Å². The van der Waals surface area contributed by atoms with Gasteiger partial charge in [-0.25, -0.2) is 0 Å². The highest BCUT2D eigenvalue weighted by Gasteiger charge is 2.40. The number of aryl methyl sites for hydroxylation is 3. The molecule has 2 aliphatic rings. The summed E-state index contributed by atoms with van der Waals surface area (Å²) in [4.78, 5) is 28.1.